The lowest BCUT2D eigenvalue weighted by Crippen LogP contribution is -2.34. The van der Waals surface area contributed by atoms with E-state index < -0.39 is 0 Å². The van der Waals surface area contributed by atoms with Crippen LogP contribution in [0.2, 0.25) is 0 Å². The number of nitrogens with zero attached hydrogens (tertiary/aromatic N) is 1. The summed E-state index contributed by atoms with van der Waals surface area (Å²) in [5, 5.41) is 4.94. The van der Waals surface area contributed by atoms with Crippen LogP contribution in [0.5, 0.6) is 0 Å². The fraction of sp³-hybridized carbons (Fsp3) is 0.375. The molecule has 4 heteroatoms. The highest BCUT2D eigenvalue weighted by Crippen LogP contribution is 2.20. The van der Waals surface area contributed by atoms with E-state index in [0.29, 0.717) is 12.1 Å². The summed E-state index contributed by atoms with van der Waals surface area (Å²) in [6, 6.07) is 9.43. The molecule has 0 saturated heterocycles. The third-order valence-corrected chi connectivity index (χ3v) is 3.76. The predicted molar refractivity (Wildman–Crippen MR) is 86.3 cm³/mol. The Hall–Kier alpha value is -1.42. The van der Waals surface area contributed by atoms with E-state index in [1.165, 1.54) is 0 Å². The molecule has 0 saturated carbocycles. The summed E-state index contributed by atoms with van der Waals surface area (Å²) in [5.74, 6) is -0.0293. The summed E-state index contributed by atoms with van der Waals surface area (Å²) < 4.78 is 0. The van der Waals surface area contributed by atoms with Gasteiger partial charge < -0.3 is 5.32 Å². The topological polar surface area (TPSA) is 42.0 Å². The maximum Gasteiger partial charge on any atom is 0.251 e. The van der Waals surface area contributed by atoms with Crippen LogP contribution in [0.25, 0.3) is 10.9 Å². The third kappa shape index (κ3) is 3.79. The Morgan fingerprint density at radius 3 is 2.90 bits per heavy atom. The Labute approximate surface area is 127 Å². The number of fused-ring (bicyclic) bond motifs is 1. The van der Waals surface area contributed by atoms with E-state index in [-0.39, 0.29) is 11.3 Å². The van der Waals surface area contributed by atoms with Crippen LogP contribution >= 0.6 is 15.9 Å². The molecule has 0 fully saturated rings. The van der Waals surface area contributed by atoms with Crippen molar-refractivity contribution in [1.29, 1.82) is 0 Å². The van der Waals surface area contributed by atoms with Gasteiger partial charge in [0.2, 0.25) is 0 Å². The number of carbonyl (C=O) groups is 1. The highest BCUT2D eigenvalue weighted by atomic mass is 79.9. The fourth-order valence-electron chi connectivity index (χ4n) is 1.98. The Balaban J connectivity index is 2.08. The second-order valence-corrected chi connectivity index (χ2v) is 6.49. The lowest BCUT2D eigenvalue weighted by atomic mass is 9.90. The van der Waals surface area contributed by atoms with Crippen LogP contribution in [0.3, 0.4) is 0 Å². The molecule has 1 amide bonds. The van der Waals surface area contributed by atoms with Crippen molar-refractivity contribution in [3.05, 3.63) is 42.1 Å². The molecule has 106 valence electrons. The normalized spacial score (nSPS) is 11.6. The minimum absolute atomic E-state index is 0.0293. The van der Waals surface area contributed by atoms with E-state index in [4.69, 9.17) is 0 Å². The van der Waals surface area contributed by atoms with Crippen LogP contribution in [-0.4, -0.2) is 22.8 Å². The Morgan fingerprint density at radius 1 is 1.35 bits per heavy atom. The molecular weight excluding hydrogens is 316 g/mol. The average Bonchev–Trinajstić information content (AvgIpc) is 2.44. The minimum Gasteiger partial charge on any atom is -0.352 e. The van der Waals surface area contributed by atoms with Gasteiger partial charge in [-0.05, 0) is 36.1 Å². The standard InChI is InChI=1S/C16H19BrN2O/c1-16(2,7-8-17)11-19-15(20)13-5-6-14-12(10-13)4-3-9-18-14/h3-6,9-10H,7-8,11H2,1-2H3,(H,19,20). The van der Waals surface area contributed by atoms with Gasteiger partial charge in [0.15, 0.2) is 0 Å². The molecule has 0 bridgehead atoms. The van der Waals surface area contributed by atoms with E-state index in [2.05, 4.69) is 40.1 Å². The zero-order valence-electron chi connectivity index (χ0n) is 11.8. The number of hydrogen-bond acceptors (Lipinski definition) is 2. The third-order valence-electron chi connectivity index (χ3n) is 3.36. The molecule has 1 heterocycles. The highest BCUT2D eigenvalue weighted by molar-refractivity contribution is 9.09. The van der Waals surface area contributed by atoms with Gasteiger partial charge in [0.05, 0.1) is 5.52 Å². The van der Waals surface area contributed by atoms with E-state index in [1.54, 1.807) is 6.20 Å². The molecule has 1 aromatic heterocycles. The largest absolute Gasteiger partial charge is 0.352 e. The number of rotatable bonds is 5. The first-order chi connectivity index (χ1) is 9.52. The number of carbonyl (C=O) groups excluding carboxylic acids is 1. The predicted octanol–water partition coefficient (Wildman–Crippen LogP) is 3.78. The van der Waals surface area contributed by atoms with Gasteiger partial charge in [-0.15, -0.1) is 0 Å². The number of hydrogen-bond donors (Lipinski definition) is 1. The van der Waals surface area contributed by atoms with Crippen LogP contribution in [0.1, 0.15) is 30.6 Å². The molecule has 0 atom stereocenters. The van der Waals surface area contributed by atoms with Crippen LogP contribution in [0.4, 0.5) is 0 Å². The monoisotopic (exact) mass is 334 g/mol. The number of benzene rings is 1. The summed E-state index contributed by atoms with van der Waals surface area (Å²) in [4.78, 5) is 16.5. The van der Waals surface area contributed by atoms with E-state index >= 15 is 0 Å². The summed E-state index contributed by atoms with van der Waals surface area (Å²) in [5.41, 5.74) is 1.68. The summed E-state index contributed by atoms with van der Waals surface area (Å²) >= 11 is 3.44. The molecule has 0 aliphatic carbocycles. The first kappa shape index (κ1) is 15.0. The molecule has 1 N–H and O–H groups in total. The van der Waals surface area contributed by atoms with Crippen molar-refractivity contribution < 1.29 is 4.79 Å². The van der Waals surface area contributed by atoms with Crippen molar-refractivity contribution in [1.82, 2.24) is 10.3 Å². The molecular formula is C16H19BrN2O. The lowest BCUT2D eigenvalue weighted by Gasteiger charge is -2.23. The van der Waals surface area contributed by atoms with Crippen LogP contribution < -0.4 is 5.32 Å². The van der Waals surface area contributed by atoms with Gasteiger partial charge in [0.25, 0.3) is 5.91 Å². The zero-order chi connectivity index (χ0) is 14.6. The van der Waals surface area contributed by atoms with Gasteiger partial charge in [0, 0.05) is 29.0 Å². The first-order valence-corrected chi connectivity index (χ1v) is 7.83. The summed E-state index contributed by atoms with van der Waals surface area (Å²) in [6.07, 6.45) is 2.78. The van der Waals surface area contributed by atoms with Gasteiger partial charge >= 0.3 is 0 Å². The second kappa shape index (κ2) is 6.35. The molecule has 0 radical (unpaired) electrons. The fourth-order valence-corrected chi connectivity index (χ4v) is 3.06. The SMILES string of the molecule is CC(C)(CCBr)CNC(=O)c1ccc2ncccc2c1. The number of halogens is 1. The number of alkyl halides is 1. The van der Waals surface area contributed by atoms with Crippen LogP contribution in [-0.2, 0) is 0 Å². The molecule has 20 heavy (non-hydrogen) atoms. The molecule has 0 aliphatic heterocycles. The summed E-state index contributed by atoms with van der Waals surface area (Å²) in [7, 11) is 0. The highest BCUT2D eigenvalue weighted by Gasteiger charge is 2.18. The minimum atomic E-state index is -0.0293. The average molecular weight is 335 g/mol. The molecule has 0 aliphatic rings. The first-order valence-electron chi connectivity index (χ1n) is 6.71. The van der Waals surface area contributed by atoms with Crippen LogP contribution in [0.15, 0.2) is 36.5 Å². The Kier molecular flexibility index (Phi) is 4.76. The molecule has 2 aromatic rings. The molecule has 1 aromatic carbocycles. The molecule has 2 rings (SSSR count). The van der Waals surface area contributed by atoms with Crippen molar-refractivity contribution in [3.8, 4) is 0 Å². The Bertz CT molecular complexity index is 610. The Morgan fingerprint density at radius 2 is 2.15 bits per heavy atom. The van der Waals surface area contributed by atoms with E-state index in [0.717, 1.165) is 22.7 Å². The quantitative estimate of drug-likeness (QED) is 0.845. The molecule has 0 spiro atoms. The van der Waals surface area contributed by atoms with Crippen molar-refractivity contribution in [2.75, 3.05) is 11.9 Å². The van der Waals surface area contributed by atoms with Gasteiger partial charge in [-0.1, -0.05) is 35.8 Å². The van der Waals surface area contributed by atoms with Crippen molar-refractivity contribution in [2.45, 2.75) is 20.3 Å². The zero-order valence-corrected chi connectivity index (χ0v) is 13.4. The smallest absolute Gasteiger partial charge is 0.251 e. The number of aromatic nitrogens is 1. The molecule has 0 unspecified atom stereocenters. The molecule has 3 nitrogen and oxygen atoms in total. The van der Waals surface area contributed by atoms with Gasteiger partial charge in [-0.3, -0.25) is 9.78 Å². The van der Waals surface area contributed by atoms with Crippen molar-refractivity contribution >= 4 is 32.7 Å². The van der Waals surface area contributed by atoms with E-state index in [9.17, 15) is 4.79 Å². The van der Waals surface area contributed by atoms with Crippen molar-refractivity contribution in [3.63, 3.8) is 0 Å². The van der Waals surface area contributed by atoms with Crippen molar-refractivity contribution in [2.24, 2.45) is 5.41 Å². The number of amides is 1. The van der Waals surface area contributed by atoms with Gasteiger partial charge in [-0.25, -0.2) is 0 Å². The van der Waals surface area contributed by atoms with Gasteiger partial charge in [-0.2, -0.15) is 0 Å². The van der Waals surface area contributed by atoms with Crippen LogP contribution in [0, 0.1) is 5.41 Å². The number of pyridine rings is 1. The maximum atomic E-state index is 12.2. The second-order valence-electron chi connectivity index (χ2n) is 5.70. The lowest BCUT2D eigenvalue weighted by molar-refractivity contribution is 0.0936. The number of nitrogens with one attached hydrogen (secondary N) is 1. The summed E-state index contributed by atoms with van der Waals surface area (Å²) in [6.45, 7) is 4.97. The maximum absolute atomic E-state index is 12.2. The van der Waals surface area contributed by atoms with E-state index in [1.807, 2.05) is 30.3 Å². The van der Waals surface area contributed by atoms with Gasteiger partial charge in [0.1, 0.15) is 0 Å².